The van der Waals surface area contributed by atoms with Crippen LogP contribution in [0, 0.1) is 0 Å². The van der Waals surface area contributed by atoms with Crippen LogP contribution in [0.3, 0.4) is 0 Å². The summed E-state index contributed by atoms with van der Waals surface area (Å²) in [6, 6.07) is 13.0. The van der Waals surface area contributed by atoms with Crippen molar-refractivity contribution < 1.29 is 19.0 Å². The van der Waals surface area contributed by atoms with Crippen molar-refractivity contribution in [2.75, 3.05) is 33.4 Å². The number of amides is 1. The van der Waals surface area contributed by atoms with Gasteiger partial charge in [-0.15, -0.1) is 0 Å². The van der Waals surface area contributed by atoms with Crippen LogP contribution >= 0.6 is 0 Å². The lowest BCUT2D eigenvalue weighted by atomic mass is 10.1. The Hall–Kier alpha value is -3.22. The van der Waals surface area contributed by atoms with Gasteiger partial charge in [-0.1, -0.05) is 0 Å². The van der Waals surface area contributed by atoms with E-state index in [1.165, 1.54) is 0 Å². The summed E-state index contributed by atoms with van der Waals surface area (Å²) in [7, 11) is 1.58. The molecule has 0 saturated heterocycles. The molecule has 2 N–H and O–H groups in total. The van der Waals surface area contributed by atoms with Crippen LogP contribution < -0.4 is 20.1 Å². The Morgan fingerprint density at radius 3 is 2.26 bits per heavy atom. The van der Waals surface area contributed by atoms with E-state index in [4.69, 9.17) is 20.1 Å². The van der Waals surface area contributed by atoms with Crippen molar-refractivity contribution in [1.82, 2.24) is 4.90 Å². The zero-order chi connectivity index (χ0) is 22.5. The monoisotopic (exact) mass is 427 g/mol. The molecule has 0 radical (unpaired) electrons. The standard InChI is InChI=1S/C24H33N3O4/c1-4-27(5-2)24(28)20-11-14-22(23(17-20)29-3)31-16-8-6-7-15-30-21-12-9-19(10-13-21)18-26-25/h9-14,17-18H,4-8,15-16,25H2,1-3H3. The highest BCUT2D eigenvalue weighted by Crippen LogP contribution is 2.29. The van der Waals surface area contributed by atoms with Crippen molar-refractivity contribution in [1.29, 1.82) is 0 Å². The molecule has 0 aliphatic rings. The maximum atomic E-state index is 12.5. The number of rotatable bonds is 13. The lowest BCUT2D eigenvalue weighted by Crippen LogP contribution is -2.30. The van der Waals surface area contributed by atoms with Crippen LogP contribution in [-0.2, 0) is 0 Å². The molecular weight excluding hydrogens is 394 g/mol. The highest BCUT2D eigenvalue weighted by atomic mass is 16.5. The Balaban J connectivity index is 1.72. The predicted molar refractivity (Wildman–Crippen MR) is 123 cm³/mol. The van der Waals surface area contributed by atoms with Crippen molar-refractivity contribution >= 4 is 12.1 Å². The summed E-state index contributed by atoms with van der Waals surface area (Å²) in [5, 5.41) is 3.50. The number of methoxy groups -OCH3 is 1. The van der Waals surface area contributed by atoms with E-state index in [-0.39, 0.29) is 5.91 Å². The molecule has 0 bridgehead atoms. The summed E-state index contributed by atoms with van der Waals surface area (Å²) in [5.41, 5.74) is 1.54. The number of benzene rings is 2. The van der Waals surface area contributed by atoms with Gasteiger partial charge in [0.2, 0.25) is 0 Å². The summed E-state index contributed by atoms with van der Waals surface area (Å²) >= 11 is 0. The van der Waals surface area contributed by atoms with Crippen LogP contribution in [0.2, 0.25) is 0 Å². The van der Waals surface area contributed by atoms with Crippen molar-refractivity contribution in [3.8, 4) is 17.2 Å². The predicted octanol–water partition coefficient (Wildman–Crippen LogP) is 4.10. The third kappa shape index (κ3) is 7.51. The second-order valence-corrected chi connectivity index (χ2v) is 6.95. The molecule has 0 aliphatic heterocycles. The number of unbranched alkanes of at least 4 members (excludes halogenated alkanes) is 2. The van der Waals surface area contributed by atoms with Gasteiger partial charge in [0.05, 0.1) is 26.5 Å². The van der Waals surface area contributed by atoms with Gasteiger partial charge in [0.1, 0.15) is 5.75 Å². The van der Waals surface area contributed by atoms with Crippen LogP contribution in [0.25, 0.3) is 0 Å². The third-order valence-corrected chi connectivity index (χ3v) is 4.88. The first kappa shape index (κ1) is 24.1. The maximum absolute atomic E-state index is 12.5. The van der Waals surface area contributed by atoms with E-state index in [0.717, 1.165) is 30.6 Å². The third-order valence-electron chi connectivity index (χ3n) is 4.88. The number of nitrogens with two attached hydrogens (primary N) is 1. The van der Waals surface area contributed by atoms with Crippen LogP contribution in [0.5, 0.6) is 17.2 Å². The molecule has 2 rings (SSSR count). The summed E-state index contributed by atoms with van der Waals surface area (Å²) in [5.74, 6) is 7.18. The average molecular weight is 428 g/mol. The average Bonchev–Trinajstić information content (AvgIpc) is 2.80. The molecule has 31 heavy (non-hydrogen) atoms. The summed E-state index contributed by atoms with van der Waals surface area (Å²) in [4.78, 5) is 14.3. The van der Waals surface area contributed by atoms with Gasteiger partial charge in [0, 0.05) is 18.7 Å². The van der Waals surface area contributed by atoms with Gasteiger partial charge < -0.3 is 25.0 Å². The van der Waals surface area contributed by atoms with Crippen LogP contribution in [0.15, 0.2) is 47.6 Å². The fraction of sp³-hybridized carbons (Fsp3) is 0.417. The summed E-state index contributed by atoms with van der Waals surface area (Å²) in [6.07, 6.45) is 4.41. The van der Waals surface area contributed by atoms with E-state index in [1.54, 1.807) is 36.4 Å². The van der Waals surface area contributed by atoms with Gasteiger partial charge >= 0.3 is 0 Å². The van der Waals surface area contributed by atoms with Gasteiger partial charge in [-0.05, 0) is 81.1 Å². The number of carbonyl (C=O) groups is 1. The van der Waals surface area contributed by atoms with E-state index < -0.39 is 0 Å². The first-order valence-electron chi connectivity index (χ1n) is 10.7. The van der Waals surface area contributed by atoms with Crippen LogP contribution in [0.4, 0.5) is 0 Å². The van der Waals surface area contributed by atoms with E-state index in [9.17, 15) is 4.79 Å². The zero-order valence-corrected chi connectivity index (χ0v) is 18.7. The molecule has 0 aliphatic carbocycles. The van der Waals surface area contributed by atoms with Gasteiger partial charge in [-0.3, -0.25) is 4.79 Å². The second-order valence-electron chi connectivity index (χ2n) is 6.95. The molecule has 2 aromatic carbocycles. The molecule has 0 heterocycles. The number of hydrogen-bond donors (Lipinski definition) is 1. The topological polar surface area (TPSA) is 86.4 Å². The number of nitrogens with zero attached hydrogens (tertiary/aromatic N) is 2. The molecular formula is C24H33N3O4. The first-order chi connectivity index (χ1) is 15.1. The highest BCUT2D eigenvalue weighted by Gasteiger charge is 2.15. The molecule has 168 valence electrons. The molecule has 0 atom stereocenters. The van der Waals surface area contributed by atoms with E-state index in [0.29, 0.717) is 43.4 Å². The minimum absolute atomic E-state index is 0.00278. The molecule has 1 amide bonds. The lowest BCUT2D eigenvalue weighted by molar-refractivity contribution is 0.0772. The van der Waals surface area contributed by atoms with Gasteiger partial charge in [0.25, 0.3) is 5.91 Å². The lowest BCUT2D eigenvalue weighted by Gasteiger charge is -2.19. The number of hydrazone groups is 1. The van der Waals surface area contributed by atoms with E-state index in [1.807, 2.05) is 38.1 Å². The Bertz CT molecular complexity index is 833. The van der Waals surface area contributed by atoms with Crippen molar-refractivity contribution in [3.05, 3.63) is 53.6 Å². The molecule has 0 fully saturated rings. The van der Waals surface area contributed by atoms with E-state index in [2.05, 4.69) is 5.10 Å². The minimum atomic E-state index is -0.00278. The number of hydrogen-bond acceptors (Lipinski definition) is 6. The Labute approximate surface area is 184 Å². The van der Waals surface area contributed by atoms with Gasteiger partial charge in [-0.2, -0.15) is 5.10 Å². The molecule has 7 heteroatoms. The Morgan fingerprint density at radius 1 is 0.968 bits per heavy atom. The quantitative estimate of drug-likeness (QED) is 0.225. The van der Waals surface area contributed by atoms with Crippen LogP contribution in [-0.4, -0.2) is 50.4 Å². The highest BCUT2D eigenvalue weighted by molar-refractivity contribution is 5.94. The number of carbonyl (C=O) groups excluding carboxylic acids is 1. The first-order valence-corrected chi connectivity index (χ1v) is 10.7. The Morgan fingerprint density at radius 2 is 1.65 bits per heavy atom. The maximum Gasteiger partial charge on any atom is 0.253 e. The molecule has 7 nitrogen and oxygen atoms in total. The van der Waals surface area contributed by atoms with E-state index >= 15 is 0 Å². The van der Waals surface area contributed by atoms with Crippen LogP contribution in [0.1, 0.15) is 49.0 Å². The van der Waals surface area contributed by atoms with Crippen molar-refractivity contribution in [2.45, 2.75) is 33.1 Å². The van der Waals surface area contributed by atoms with Gasteiger partial charge in [-0.25, -0.2) is 0 Å². The normalized spacial score (nSPS) is 10.8. The smallest absolute Gasteiger partial charge is 0.253 e. The largest absolute Gasteiger partial charge is 0.494 e. The zero-order valence-electron chi connectivity index (χ0n) is 18.7. The van der Waals surface area contributed by atoms with Gasteiger partial charge in [0.15, 0.2) is 11.5 Å². The molecule has 2 aromatic rings. The van der Waals surface area contributed by atoms with Crippen molar-refractivity contribution in [2.24, 2.45) is 10.9 Å². The fourth-order valence-corrected chi connectivity index (χ4v) is 3.10. The molecule has 0 unspecified atom stereocenters. The second kappa shape index (κ2) is 13.2. The fourth-order valence-electron chi connectivity index (χ4n) is 3.10. The summed E-state index contributed by atoms with van der Waals surface area (Å²) < 4.78 is 17.0. The SMILES string of the molecule is CCN(CC)C(=O)c1ccc(OCCCCCOc2ccc(C=NN)cc2)c(OC)c1. The Kier molecular flexibility index (Phi) is 10.2. The number of ether oxygens (including phenoxy) is 3. The minimum Gasteiger partial charge on any atom is -0.494 e. The molecule has 0 saturated carbocycles. The molecule has 0 aromatic heterocycles. The molecule has 0 spiro atoms. The van der Waals surface area contributed by atoms with Crippen molar-refractivity contribution in [3.63, 3.8) is 0 Å². The summed E-state index contributed by atoms with van der Waals surface area (Å²) in [6.45, 7) is 6.51.